The Kier molecular flexibility index (Phi) is 6.64. The zero-order valence-corrected chi connectivity index (χ0v) is 18.0. The van der Waals surface area contributed by atoms with E-state index in [1.54, 1.807) is 7.11 Å². The van der Waals surface area contributed by atoms with E-state index in [-0.39, 0.29) is 17.7 Å². The first-order valence-electron chi connectivity index (χ1n) is 10.6. The quantitative estimate of drug-likeness (QED) is 0.544. The van der Waals surface area contributed by atoms with E-state index in [9.17, 15) is 8.78 Å². The Morgan fingerprint density at radius 3 is 1.87 bits per heavy atom. The molecule has 0 amide bonds. The Bertz CT molecular complexity index is 951. The summed E-state index contributed by atoms with van der Waals surface area (Å²) >= 11 is 0. The van der Waals surface area contributed by atoms with Crippen molar-refractivity contribution in [1.29, 1.82) is 0 Å². The molecule has 5 heteroatoms. The van der Waals surface area contributed by atoms with Gasteiger partial charge in [0, 0.05) is 38.3 Å². The molecule has 0 bridgehead atoms. The van der Waals surface area contributed by atoms with Crippen LogP contribution in [-0.4, -0.2) is 43.1 Å². The molecule has 3 nitrogen and oxygen atoms in total. The molecule has 1 aliphatic rings. The van der Waals surface area contributed by atoms with Gasteiger partial charge in [0.25, 0.3) is 0 Å². The van der Waals surface area contributed by atoms with E-state index in [2.05, 4.69) is 28.9 Å². The number of nitrogens with zero attached hydrogens (tertiary/aromatic N) is 2. The van der Waals surface area contributed by atoms with Gasteiger partial charge in [0.15, 0.2) is 0 Å². The molecule has 162 valence electrons. The average molecular weight is 423 g/mol. The lowest BCUT2D eigenvalue weighted by molar-refractivity contribution is 0.104. The van der Waals surface area contributed by atoms with Gasteiger partial charge in [-0.2, -0.15) is 0 Å². The summed E-state index contributed by atoms with van der Waals surface area (Å²) in [6.45, 7) is 6.50. The molecule has 0 spiro atoms. The van der Waals surface area contributed by atoms with Crippen molar-refractivity contribution in [1.82, 2.24) is 9.80 Å². The lowest BCUT2D eigenvalue weighted by atomic mass is 9.96. The maximum Gasteiger partial charge on any atom is 0.123 e. The van der Waals surface area contributed by atoms with Crippen LogP contribution in [-0.2, 0) is 6.54 Å². The summed E-state index contributed by atoms with van der Waals surface area (Å²) in [6, 6.07) is 19.5. The zero-order chi connectivity index (χ0) is 21.8. The minimum atomic E-state index is -0.251. The second-order valence-electron chi connectivity index (χ2n) is 8.13. The lowest BCUT2D eigenvalue weighted by Gasteiger charge is -2.40. The van der Waals surface area contributed by atoms with Gasteiger partial charge in [-0.15, -0.1) is 0 Å². The van der Waals surface area contributed by atoms with Crippen LogP contribution in [0.2, 0.25) is 0 Å². The van der Waals surface area contributed by atoms with Gasteiger partial charge in [0.2, 0.25) is 0 Å². The maximum absolute atomic E-state index is 13.5. The van der Waals surface area contributed by atoms with E-state index >= 15 is 0 Å². The molecule has 1 fully saturated rings. The minimum absolute atomic E-state index is 0.0307. The largest absolute Gasteiger partial charge is 0.496 e. The number of hydrogen-bond donors (Lipinski definition) is 0. The summed E-state index contributed by atoms with van der Waals surface area (Å²) in [4.78, 5) is 4.82. The molecule has 31 heavy (non-hydrogen) atoms. The fourth-order valence-corrected chi connectivity index (χ4v) is 4.36. The van der Waals surface area contributed by atoms with Crippen LogP contribution in [0.1, 0.15) is 28.3 Å². The monoisotopic (exact) mass is 422 g/mol. The third-order valence-corrected chi connectivity index (χ3v) is 5.97. The molecule has 0 unspecified atom stereocenters. The highest BCUT2D eigenvalue weighted by atomic mass is 19.1. The summed E-state index contributed by atoms with van der Waals surface area (Å²) in [5, 5.41) is 0. The number of rotatable bonds is 6. The molecule has 3 aromatic rings. The van der Waals surface area contributed by atoms with Gasteiger partial charge >= 0.3 is 0 Å². The summed E-state index contributed by atoms with van der Waals surface area (Å²) in [7, 11) is 1.71. The molecule has 0 atom stereocenters. The van der Waals surface area contributed by atoms with E-state index in [1.165, 1.54) is 35.4 Å². The van der Waals surface area contributed by atoms with Gasteiger partial charge in [-0.1, -0.05) is 42.0 Å². The van der Waals surface area contributed by atoms with Crippen molar-refractivity contribution in [3.8, 4) is 5.75 Å². The van der Waals surface area contributed by atoms with Crippen LogP contribution in [0.25, 0.3) is 0 Å². The van der Waals surface area contributed by atoms with Crippen molar-refractivity contribution < 1.29 is 13.5 Å². The Morgan fingerprint density at radius 1 is 0.806 bits per heavy atom. The summed E-state index contributed by atoms with van der Waals surface area (Å²) in [6.07, 6.45) is 0. The van der Waals surface area contributed by atoms with Crippen LogP contribution in [0.5, 0.6) is 5.75 Å². The van der Waals surface area contributed by atoms with E-state index in [1.807, 2.05) is 30.3 Å². The Hall–Kier alpha value is -2.76. The second kappa shape index (κ2) is 9.58. The molecule has 0 radical (unpaired) electrons. The number of methoxy groups -OCH3 is 1. The molecule has 1 heterocycles. The lowest BCUT2D eigenvalue weighted by Crippen LogP contribution is -2.47. The van der Waals surface area contributed by atoms with Crippen molar-refractivity contribution in [2.45, 2.75) is 19.5 Å². The van der Waals surface area contributed by atoms with Crippen molar-refractivity contribution in [3.63, 3.8) is 0 Å². The SMILES string of the molecule is COc1ccc(C)cc1CN1CCN(C(c2ccc(F)cc2)c2ccc(F)cc2)CC1. The Labute approximate surface area is 182 Å². The maximum atomic E-state index is 13.5. The topological polar surface area (TPSA) is 15.7 Å². The predicted octanol–water partition coefficient (Wildman–Crippen LogP) is 5.19. The molecule has 0 aromatic heterocycles. The van der Waals surface area contributed by atoms with E-state index < -0.39 is 0 Å². The Balaban J connectivity index is 1.51. The number of aryl methyl sites for hydroxylation is 1. The average Bonchev–Trinajstić information content (AvgIpc) is 2.78. The molecular weight excluding hydrogens is 394 g/mol. The summed E-state index contributed by atoms with van der Waals surface area (Å²) in [5.74, 6) is 0.417. The Morgan fingerprint density at radius 2 is 1.35 bits per heavy atom. The smallest absolute Gasteiger partial charge is 0.123 e. The van der Waals surface area contributed by atoms with Crippen LogP contribution in [0, 0.1) is 18.6 Å². The number of hydrogen-bond acceptors (Lipinski definition) is 3. The minimum Gasteiger partial charge on any atom is -0.496 e. The summed E-state index contributed by atoms with van der Waals surface area (Å²) in [5.41, 5.74) is 4.45. The fourth-order valence-electron chi connectivity index (χ4n) is 4.36. The standard InChI is InChI=1S/C26H28F2N2O/c1-19-3-12-25(31-2)22(17-19)18-29-13-15-30(16-14-29)26(20-4-8-23(27)9-5-20)21-6-10-24(28)11-7-21/h3-12,17,26H,13-16,18H2,1-2H3. The number of benzene rings is 3. The first-order chi connectivity index (χ1) is 15.0. The zero-order valence-electron chi connectivity index (χ0n) is 18.0. The van der Waals surface area contributed by atoms with Gasteiger partial charge in [-0.3, -0.25) is 9.80 Å². The van der Waals surface area contributed by atoms with Crippen molar-refractivity contribution >= 4 is 0 Å². The highest BCUT2D eigenvalue weighted by molar-refractivity contribution is 5.37. The molecule has 0 saturated carbocycles. The first kappa shape index (κ1) is 21.5. The van der Waals surface area contributed by atoms with Crippen molar-refractivity contribution in [2.24, 2.45) is 0 Å². The molecule has 1 saturated heterocycles. The third kappa shape index (κ3) is 5.12. The molecule has 0 aliphatic carbocycles. The van der Waals surface area contributed by atoms with E-state index in [0.29, 0.717) is 0 Å². The van der Waals surface area contributed by atoms with Crippen molar-refractivity contribution in [2.75, 3.05) is 33.3 Å². The molecular formula is C26H28F2N2O. The molecule has 3 aromatic carbocycles. The van der Waals surface area contributed by atoms with Gasteiger partial charge in [0.1, 0.15) is 17.4 Å². The normalized spacial score (nSPS) is 15.4. The van der Waals surface area contributed by atoms with Crippen molar-refractivity contribution in [3.05, 3.63) is 101 Å². The van der Waals surface area contributed by atoms with Gasteiger partial charge in [-0.25, -0.2) is 8.78 Å². The highest BCUT2D eigenvalue weighted by Gasteiger charge is 2.27. The van der Waals surface area contributed by atoms with Gasteiger partial charge in [-0.05, 0) is 48.4 Å². The second-order valence-corrected chi connectivity index (χ2v) is 8.13. The fraction of sp³-hybridized carbons (Fsp3) is 0.308. The van der Waals surface area contributed by atoms with Crippen LogP contribution in [0.4, 0.5) is 8.78 Å². The molecule has 0 N–H and O–H groups in total. The first-order valence-corrected chi connectivity index (χ1v) is 10.6. The van der Waals surface area contributed by atoms with E-state index in [4.69, 9.17) is 4.74 Å². The van der Waals surface area contributed by atoms with Gasteiger partial charge < -0.3 is 4.74 Å². The molecule has 1 aliphatic heterocycles. The third-order valence-electron chi connectivity index (χ3n) is 5.97. The molecule has 4 rings (SSSR count). The van der Waals surface area contributed by atoms with Crippen LogP contribution in [0.15, 0.2) is 66.7 Å². The van der Waals surface area contributed by atoms with E-state index in [0.717, 1.165) is 49.6 Å². The van der Waals surface area contributed by atoms with Crippen LogP contribution in [0.3, 0.4) is 0 Å². The number of piperazine rings is 1. The number of halogens is 2. The van der Waals surface area contributed by atoms with Crippen LogP contribution < -0.4 is 4.74 Å². The number of ether oxygens (including phenoxy) is 1. The highest BCUT2D eigenvalue weighted by Crippen LogP contribution is 2.31. The predicted molar refractivity (Wildman–Crippen MR) is 119 cm³/mol. The summed E-state index contributed by atoms with van der Waals surface area (Å²) < 4.78 is 32.6. The van der Waals surface area contributed by atoms with Crippen LogP contribution >= 0.6 is 0 Å². The van der Waals surface area contributed by atoms with Gasteiger partial charge in [0.05, 0.1) is 13.2 Å².